The van der Waals surface area contributed by atoms with Crippen molar-refractivity contribution in [1.29, 1.82) is 0 Å². The molecule has 8 nitrogen and oxygen atoms in total. The first kappa shape index (κ1) is 22.1. The number of rotatable bonds is 10. The number of nitrogens with zero attached hydrogens (tertiary/aromatic N) is 4. The van der Waals surface area contributed by atoms with Crippen molar-refractivity contribution in [2.45, 2.75) is 45.8 Å². The average Bonchev–Trinajstić information content (AvgIpc) is 3.25. The normalized spacial score (nSPS) is 17.4. The lowest BCUT2D eigenvalue weighted by molar-refractivity contribution is 0.0424. The largest absolute Gasteiger partial charge is 0.379 e. The van der Waals surface area contributed by atoms with Crippen molar-refractivity contribution in [1.82, 2.24) is 25.4 Å². The molecule has 1 aromatic heterocycles. The van der Waals surface area contributed by atoms with Gasteiger partial charge in [0.2, 0.25) is 0 Å². The number of aliphatic imine (C=N–C) groups is 1. The number of ether oxygens (including phenoxy) is 2. The molecule has 1 atom stereocenters. The third-order valence-electron chi connectivity index (χ3n) is 3.82. The van der Waals surface area contributed by atoms with E-state index in [-0.39, 0.29) is 30.1 Å². The summed E-state index contributed by atoms with van der Waals surface area (Å²) in [5, 5.41) is 14.6. The fourth-order valence-corrected chi connectivity index (χ4v) is 2.53. The first-order valence-corrected chi connectivity index (χ1v) is 8.91. The quantitative estimate of drug-likeness (QED) is 0.234. The highest BCUT2D eigenvalue weighted by Gasteiger charge is 2.15. The number of halogens is 1. The van der Waals surface area contributed by atoms with Gasteiger partial charge in [0.1, 0.15) is 12.2 Å². The van der Waals surface area contributed by atoms with E-state index in [4.69, 9.17) is 9.47 Å². The maximum atomic E-state index is 5.75. The van der Waals surface area contributed by atoms with Gasteiger partial charge in [0.05, 0.1) is 12.7 Å². The molecule has 0 saturated carbocycles. The molecule has 0 amide bonds. The van der Waals surface area contributed by atoms with Gasteiger partial charge >= 0.3 is 0 Å². The summed E-state index contributed by atoms with van der Waals surface area (Å²) in [7, 11) is 0. The van der Waals surface area contributed by atoms with Crippen molar-refractivity contribution >= 4 is 29.9 Å². The predicted octanol–water partition coefficient (Wildman–Crippen LogP) is 1.21. The van der Waals surface area contributed by atoms with Gasteiger partial charge in [-0.1, -0.05) is 6.92 Å². The zero-order valence-electron chi connectivity index (χ0n) is 15.2. The van der Waals surface area contributed by atoms with Crippen molar-refractivity contribution in [3.63, 3.8) is 0 Å². The second-order valence-corrected chi connectivity index (χ2v) is 5.69. The van der Waals surface area contributed by atoms with Crippen LogP contribution in [0.1, 0.15) is 32.5 Å². The predicted molar refractivity (Wildman–Crippen MR) is 109 cm³/mol. The molecule has 0 aliphatic carbocycles. The van der Waals surface area contributed by atoms with E-state index in [1.54, 1.807) is 6.33 Å². The number of nitrogens with one attached hydrogen (secondary N) is 2. The van der Waals surface area contributed by atoms with Gasteiger partial charge in [0, 0.05) is 45.8 Å². The molecule has 1 aliphatic heterocycles. The van der Waals surface area contributed by atoms with Crippen LogP contribution in [-0.4, -0.2) is 66.3 Å². The summed E-state index contributed by atoms with van der Waals surface area (Å²) in [6.45, 7) is 9.63. The van der Waals surface area contributed by atoms with Crippen LogP contribution in [0.15, 0.2) is 11.3 Å². The van der Waals surface area contributed by atoms with Gasteiger partial charge in [-0.3, -0.25) is 4.99 Å². The maximum Gasteiger partial charge on any atom is 0.191 e. The van der Waals surface area contributed by atoms with Crippen LogP contribution >= 0.6 is 24.0 Å². The molecule has 2 heterocycles. The third-order valence-corrected chi connectivity index (χ3v) is 3.82. The topological polar surface area (TPSA) is 85.6 Å². The Morgan fingerprint density at radius 2 is 2.32 bits per heavy atom. The minimum absolute atomic E-state index is 0. The minimum atomic E-state index is 0. The molecule has 0 bridgehead atoms. The average molecular weight is 466 g/mol. The van der Waals surface area contributed by atoms with Crippen molar-refractivity contribution in [2.24, 2.45) is 4.99 Å². The maximum absolute atomic E-state index is 5.75. The molecule has 0 radical (unpaired) electrons. The number of aryl methyl sites for hydroxylation is 1. The van der Waals surface area contributed by atoms with Crippen molar-refractivity contribution in [3.8, 4) is 0 Å². The summed E-state index contributed by atoms with van der Waals surface area (Å²) in [6.07, 6.45) is 4.86. The Labute approximate surface area is 167 Å². The van der Waals surface area contributed by atoms with Gasteiger partial charge in [-0.05, 0) is 19.8 Å². The van der Waals surface area contributed by atoms with Gasteiger partial charge in [0.25, 0.3) is 0 Å². The molecule has 25 heavy (non-hydrogen) atoms. The lowest BCUT2D eigenvalue weighted by atomic mass is 10.3. The Morgan fingerprint density at radius 3 is 3.04 bits per heavy atom. The molecule has 0 aromatic carbocycles. The van der Waals surface area contributed by atoms with Crippen molar-refractivity contribution in [2.75, 3.05) is 39.5 Å². The summed E-state index contributed by atoms with van der Waals surface area (Å²) in [4.78, 5) is 4.58. The van der Waals surface area contributed by atoms with E-state index in [2.05, 4.69) is 44.2 Å². The summed E-state index contributed by atoms with van der Waals surface area (Å²) in [5.74, 6) is 1.85. The molecule has 1 saturated heterocycles. The zero-order chi connectivity index (χ0) is 17.0. The minimum Gasteiger partial charge on any atom is -0.379 e. The number of guanidine groups is 1. The second-order valence-electron chi connectivity index (χ2n) is 5.69. The fourth-order valence-electron chi connectivity index (χ4n) is 2.53. The van der Waals surface area contributed by atoms with Crippen LogP contribution in [0.2, 0.25) is 0 Å². The third kappa shape index (κ3) is 8.32. The Kier molecular flexibility index (Phi) is 11.7. The zero-order valence-corrected chi connectivity index (χ0v) is 17.6. The van der Waals surface area contributed by atoms with Crippen LogP contribution < -0.4 is 10.6 Å². The standard InChI is InChI=1S/C16H30N6O2.HI/c1-3-15-21-20-13-22(15)9-8-19-16(17-4-2)18-7-5-10-24-14-6-11-23-12-14;/h13-14H,3-12H2,1-2H3,(H2,17,18,19);1H. The Bertz CT molecular complexity index is 491. The van der Waals surface area contributed by atoms with E-state index in [0.717, 1.165) is 77.0 Å². The van der Waals surface area contributed by atoms with E-state index in [9.17, 15) is 0 Å². The highest BCUT2D eigenvalue weighted by Crippen LogP contribution is 2.08. The Morgan fingerprint density at radius 1 is 1.44 bits per heavy atom. The first-order chi connectivity index (χ1) is 11.8. The van der Waals surface area contributed by atoms with Crippen LogP contribution in [0.25, 0.3) is 0 Å². The van der Waals surface area contributed by atoms with Gasteiger partial charge < -0.3 is 24.7 Å². The molecule has 1 fully saturated rings. The smallest absolute Gasteiger partial charge is 0.191 e. The molecular formula is C16H31IN6O2. The van der Waals surface area contributed by atoms with E-state index in [1.807, 2.05) is 0 Å². The summed E-state index contributed by atoms with van der Waals surface area (Å²) in [5.41, 5.74) is 0. The van der Waals surface area contributed by atoms with E-state index in [1.165, 1.54) is 0 Å². The van der Waals surface area contributed by atoms with E-state index < -0.39 is 0 Å². The summed E-state index contributed by atoms with van der Waals surface area (Å²) in [6, 6.07) is 0. The van der Waals surface area contributed by atoms with Crippen molar-refractivity contribution < 1.29 is 9.47 Å². The van der Waals surface area contributed by atoms with Gasteiger partial charge in [0.15, 0.2) is 5.96 Å². The molecular weight excluding hydrogens is 435 g/mol. The van der Waals surface area contributed by atoms with Gasteiger partial charge in [-0.2, -0.15) is 0 Å². The summed E-state index contributed by atoms with van der Waals surface area (Å²) < 4.78 is 13.1. The number of hydrogen-bond acceptors (Lipinski definition) is 5. The number of aromatic nitrogens is 3. The molecule has 1 unspecified atom stereocenters. The van der Waals surface area contributed by atoms with E-state index >= 15 is 0 Å². The lowest BCUT2D eigenvalue weighted by Gasteiger charge is -2.12. The molecule has 2 N–H and O–H groups in total. The highest BCUT2D eigenvalue weighted by atomic mass is 127. The fraction of sp³-hybridized carbons (Fsp3) is 0.812. The Hall–Kier alpha value is -0.940. The van der Waals surface area contributed by atoms with E-state index in [0.29, 0.717) is 0 Å². The van der Waals surface area contributed by atoms with Crippen molar-refractivity contribution in [3.05, 3.63) is 12.2 Å². The van der Waals surface area contributed by atoms with Gasteiger partial charge in [-0.15, -0.1) is 34.2 Å². The number of hydrogen-bond donors (Lipinski definition) is 2. The molecule has 2 rings (SSSR count). The summed E-state index contributed by atoms with van der Waals surface area (Å²) >= 11 is 0. The van der Waals surface area contributed by atoms with Crippen LogP contribution in [0, 0.1) is 0 Å². The SMILES string of the molecule is CCNC(=NCCCOC1CCOC1)NCCn1cnnc1CC.I. The second kappa shape index (κ2) is 13.3. The van der Waals surface area contributed by atoms with Crippen LogP contribution in [-0.2, 0) is 22.4 Å². The lowest BCUT2D eigenvalue weighted by Crippen LogP contribution is -2.39. The first-order valence-electron chi connectivity index (χ1n) is 8.91. The molecule has 144 valence electrons. The van der Waals surface area contributed by atoms with Gasteiger partial charge in [-0.25, -0.2) is 0 Å². The molecule has 1 aliphatic rings. The van der Waals surface area contributed by atoms with Crippen LogP contribution in [0.5, 0.6) is 0 Å². The van der Waals surface area contributed by atoms with Crippen LogP contribution in [0.4, 0.5) is 0 Å². The molecule has 9 heteroatoms. The molecule has 1 aromatic rings. The molecule has 0 spiro atoms. The Balaban J connectivity index is 0.00000312. The van der Waals surface area contributed by atoms with Crippen LogP contribution in [0.3, 0.4) is 0 Å². The monoisotopic (exact) mass is 466 g/mol. The highest BCUT2D eigenvalue weighted by molar-refractivity contribution is 14.0.